The number of rotatable bonds is 6. The molecule has 0 fully saturated rings. The summed E-state index contributed by atoms with van der Waals surface area (Å²) in [5, 5.41) is 0. The Morgan fingerprint density at radius 1 is 1.19 bits per heavy atom. The van der Waals surface area contributed by atoms with Gasteiger partial charge < -0.3 is 5.73 Å². The molecular formula is C13H21FN2. The van der Waals surface area contributed by atoms with E-state index in [1.54, 1.807) is 6.07 Å². The number of anilines is 1. The topological polar surface area (TPSA) is 29.3 Å². The van der Waals surface area contributed by atoms with Crippen LogP contribution < -0.4 is 5.73 Å². The van der Waals surface area contributed by atoms with Gasteiger partial charge in [0, 0.05) is 6.54 Å². The first-order valence-electron chi connectivity index (χ1n) is 5.93. The quantitative estimate of drug-likeness (QED) is 0.753. The van der Waals surface area contributed by atoms with Crippen molar-refractivity contribution in [2.45, 2.75) is 33.2 Å². The van der Waals surface area contributed by atoms with Crippen LogP contribution in [0.25, 0.3) is 0 Å². The summed E-state index contributed by atoms with van der Waals surface area (Å²) >= 11 is 0. The number of hydrogen-bond donors (Lipinski definition) is 1. The average molecular weight is 224 g/mol. The third-order valence-electron chi connectivity index (χ3n) is 2.55. The molecule has 0 aromatic heterocycles. The van der Waals surface area contributed by atoms with Crippen molar-refractivity contribution < 1.29 is 4.39 Å². The molecule has 0 atom stereocenters. The fourth-order valence-electron chi connectivity index (χ4n) is 1.83. The highest BCUT2D eigenvalue weighted by molar-refractivity contribution is 5.41. The predicted molar refractivity (Wildman–Crippen MR) is 66.7 cm³/mol. The van der Waals surface area contributed by atoms with Gasteiger partial charge in [0.2, 0.25) is 0 Å². The Hall–Kier alpha value is -1.09. The van der Waals surface area contributed by atoms with Crippen LogP contribution in [-0.2, 0) is 6.54 Å². The van der Waals surface area contributed by atoms with Crippen LogP contribution in [0.5, 0.6) is 0 Å². The molecule has 0 bridgehead atoms. The molecule has 0 amide bonds. The van der Waals surface area contributed by atoms with Gasteiger partial charge in [-0.15, -0.1) is 0 Å². The number of halogens is 1. The molecule has 0 unspecified atom stereocenters. The molecule has 0 aliphatic heterocycles. The summed E-state index contributed by atoms with van der Waals surface area (Å²) in [4.78, 5) is 2.34. The monoisotopic (exact) mass is 224 g/mol. The minimum Gasteiger partial charge on any atom is -0.396 e. The van der Waals surface area contributed by atoms with Gasteiger partial charge in [-0.3, -0.25) is 4.90 Å². The molecule has 2 N–H and O–H groups in total. The molecule has 2 nitrogen and oxygen atoms in total. The van der Waals surface area contributed by atoms with Crippen LogP contribution in [0.2, 0.25) is 0 Å². The summed E-state index contributed by atoms with van der Waals surface area (Å²) in [5.74, 6) is -0.314. The van der Waals surface area contributed by atoms with Gasteiger partial charge in [-0.05, 0) is 43.6 Å². The molecule has 0 spiro atoms. The number of nitrogens with two attached hydrogens (primary N) is 1. The molecule has 90 valence electrons. The van der Waals surface area contributed by atoms with Gasteiger partial charge in [-0.25, -0.2) is 4.39 Å². The van der Waals surface area contributed by atoms with E-state index in [1.807, 2.05) is 6.07 Å². The molecule has 1 aromatic carbocycles. The Kier molecular flexibility index (Phi) is 5.26. The number of benzene rings is 1. The highest BCUT2D eigenvalue weighted by Gasteiger charge is 2.05. The van der Waals surface area contributed by atoms with Crippen molar-refractivity contribution in [3.05, 3.63) is 29.6 Å². The zero-order valence-corrected chi connectivity index (χ0v) is 10.2. The maximum Gasteiger partial charge on any atom is 0.146 e. The van der Waals surface area contributed by atoms with Crippen molar-refractivity contribution in [1.29, 1.82) is 0 Å². The molecule has 0 heterocycles. The smallest absolute Gasteiger partial charge is 0.146 e. The van der Waals surface area contributed by atoms with E-state index in [0.29, 0.717) is 0 Å². The lowest BCUT2D eigenvalue weighted by atomic mass is 10.2. The molecule has 0 saturated carbocycles. The van der Waals surface area contributed by atoms with Crippen molar-refractivity contribution in [3.8, 4) is 0 Å². The van der Waals surface area contributed by atoms with E-state index < -0.39 is 0 Å². The summed E-state index contributed by atoms with van der Waals surface area (Å²) in [7, 11) is 0. The molecule has 16 heavy (non-hydrogen) atoms. The van der Waals surface area contributed by atoms with Crippen LogP contribution in [-0.4, -0.2) is 18.0 Å². The minimum absolute atomic E-state index is 0.223. The standard InChI is InChI=1S/C13H21FN2/c1-3-7-16(8-4-2)10-11-5-6-13(15)12(14)9-11/h5-6,9H,3-4,7-8,10,15H2,1-2H3. The van der Waals surface area contributed by atoms with Gasteiger partial charge >= 0.3 is 0 Å². The van der Waals surface area contributed by atoms with E-state index in [2.05, 4.69) is 18.7 Å². The summed E-state index contributed by atoms with van der Waals surface area (Å²) in [6.07, 6.45) is 2.24. The predicted octanol–water partition coefficient (Wildman–Crippen LogP) is 3.03. The SMILES string of the molecule is CCCN(CCC)Cc1ccc(N)c(F)c1. The molecule has 0 aliphatic rings. The van der Waals surface area contributed by atoms with E-state index in [9.17, 15) is 4.39 Å². The van der Waals surface area contributed by atoms with Gasteiger partial charge in [0.25, 0.3) is 0 Å². The summed E-state index contributed by atoms with van der Waals surface area (Å²) in [5.41, 5.74) is 6.67. The Bertz CT molecular complexity index is 320. The first kappa shape index (κ1) is 13.0. The average Bonchev–Trinajstić information content (AvgIpc) is 2.24. The van der Waals surface area contributed by atoms with Crippen LogP contribution in [0.4, 0.5) is 10.1 Å². The van der Waals surface area contributed by atoms with Crippen LogP contribution in [0.3, 0.4) is 0 Å². The van der Waals surface area contributed by atoms with E-state index >= 15 is 0 Å². The second-order valence-corrected chi connectivity index (χ2v) is 4.13. The number of nitrogens with zero attached hydrogens (tertiary/aromatic N) is 1. The first-order valence-corrected chi connectivity index (χ1v) is 5.93. The van der Waals surface area contributed by atoms with Crippen LogP contribution in [0, 0.1) is 5.82 Å². The maximum atomic E-state index is 13.3. The van der Waals surface area contributed by atoms with E-state index in [0.717, 1.165) is 38.0 Å². The highest BCUT2D eigenvalue weighted by atomic mass is 19.1. The molecule has 0 radical (unpaired) electrons. The normalized spacial score (nSPS) is 11.0. The fraction of sp³-hybridized carbons (Fsp3) is 0.538. The zero-order valence-electron chi connectivity index (χ0n) is 10.2. The largest absolute Gasteiger partial charge is 0.396 e. The van der Waals surface area contributed by atoms with Gasteiger partial charge in [0.1, 0.15) is 5.82 Å². The van der Waals surface area contributed by atoms with Gasteiger partial charge in [-0.2, -0.15) is 0 Å². The first-order chi connectivity index (χ1) is 7.67. The summed E-state index contributed by atoms with van der Waals surface area (Å²) < 4.78 is 13.3. The fourth-order valence-corrected chi connectivity index (χ4v) is 1.83. The third kappa shape index (κ3) is 3.81. The number of nitrogen functional groups attached to an aromatic ring is 1. The summed E-state index contributed by atoms with van der Waals surface area (Å²) in [6.45, 7) is 7.23. The third-order valence-corrected chi connectivity index (χ3v) is 2.55. The molecule has 1 aromatic rings. The Balaban J connectivity index is 2.65. The van der Waals surface area contributed by atoms with Crippen LogP contribution in [0.15, 0.2) is 18.2 Å². The zero-order chi connectivity index (χ0) is 12.0. The van der Waals surface area contributed by atoms with Gasteiger partial charge in [0.15, 0.2) is 0 Å². The number of hydrogen-bond acceptors (Lipinski definition) is 2. The van der Waals surface area contributed by atoms with Crippen LogP contribution >= 0.6 is 0 Å². The van der Waals surface area contributed by atoms with Crippen molar-refractivity contribution >= 4 is 5.69 Å². The molecule has 1 rings (SSSR count). The van der Waals surface area contributed by atoms with E-state index in [1.165, 1.54) is 6.07 Å². The molecule has 0 saturated heterocycles. The lowest BCUT2D eigenvalue weighted by Crippen LogP contribution is -2.24. The minimum atomic E-state index is -0.314. The molecule has 3 heteroatoms. The van der Waals surface area contributed by atoms with Gasteiger partial charge in [-0.1, -0.05) is 19.9 Å². The van der Waals surface area contributed by atoms with Crippen molar-refractivity contribution in [1.82, 2.24) is 4.90 Å². The lowest BCUT2D eigenvalue weighted by molar-refractivity contribution is 0.266. The summed E-state index contributed by atoms with van der Waals surface area (Å²) in [6, 6.07) is 5.07. The second kappa shape index (κ2) is 6.48. The Morgan fingerprint density at radius 3 is 2.31 bits per heavy atom. The highest BCUT2D eigenvalue weighted by Crippen LogP contribution is 2.14. The second-order valence-electron chi connectivity index (χ2n) is 4.13. The Morgan fingerprint density at radius 2 is 1.81 bits per heavy atom. The van der Waals surface area contributed by atoms with E-state index in [4.69, 9.17) is 5.73 Å². The lowest BCUT2D eigenvalue weighted by Gasteiger charge is -2.21. The Labute approximate surface area is 97.3 Å². The van der Waals surface area contributed by atoms with Crippen molar-refractivity contribution in [2.75, 3.05) is 18.8 Å². The van der Waals surface area contributed by atoms with Crippen LogP contribution in [0.1, 0.15) is 32.3 Å². The van der Waals surface area contributed by atoms with E-state index in [-0.39, 0.29) is 11.5 Å². The maximum absolute atomic E-state index is 13.3. The van der Waals surface area contributed by atoms with Crippen molar-refractivity contribution in [2.24, 2.45) is 0 Å². The molecule has 0 aliphatic carbocycles. The van der Waals surface area contributed by atoms with Gasteiger partial charge in [0.05, 0.1) is 5.69 Å². The molecular weight excluding hydrogens is 203 g/mol. The van der Waals surface area contributed by atoms with Crippen molar-refractivity contribution in [3.63, 3.8) is 0 Å².